The largest absolute Gasteiger partial charge is 0.274 e. The highest BCUT2D eigenvalue weighted by molar-refractivity contribution is 6.06. The number of carbonyl (C=O) groups excluding carboxylic acids is 1. The molecule has 0 unspecified atom stereocenters. The summed E-state index contributed by atoms with van der Waals surface area (Å²) in [5.41, 5.74) is 2.22. The van der Waals surface area contributed by atoms with Crippen molar-refractivity contribution >= 4 is 11.6 Å². The van der Waals surface area contributed by atoms with Crippen LogP contribution in [-0.2, 0) is 0 Å². The molecule has 0 saturated heterocycles. The second-order valence-electron chi connectivity index (χ2n) is 6.05. The van der Waals surface area contributed by atoms with Gasteiger partial charge in [0, 0.05) is 29.9 Å². The number of hydrogen-bond acceptors (Lipinski definition) is 4. The Labute approximate surface area is 134 Å². The number of pyridine rings is 1. The summed E-state index contributed by atoms with van der Waals surface area (Å²) >= 11 is 0. The third-order valence-electron chi connectivity index (χ3n) is 3.87. The SMILES string of the molecule is CC1(C)CC(c2ccccc2C#N)=NN1C(=O)c1ccncc1. The average molecular weight is 304 g/mol. The normalized spacial score (nSPS) is 15.9. The topological polar surface area (TPSA) is 69.3 Å². The van der Waals surface area contributed by atoms with E-state index in [1.807, 2.05) is 32.0 Å². The molecule has 23 heavy (non-hydrogen) atoms. The lowest BCUT2D eigenvalue weighted by atomic mass is 9.93. The number of benzene rings is 1. The van der Waals surface area contributed by atoms with E-state index in [4.69, 9.17) is 0 Å². The van der Waals surface area contributed by atoms with E-state index in [1.54, 1.807) is 30.6 Å². The lowest BCUT2D eigenvalue weighted by molar-refractivity contribution is 0.0612. The van der Waals surface area contributed by atoms with Gasteiger partial charge in [0.1, 0.15) is 0 Å². The zero-order valence-corrected chi connectivity index (χ0v) is 13.0. The van der Waals surface area contributed by atoms with Gasteiger partial charge in [-0.1, -0.05) is 18.2 Å². The molecule has 0 N–H and O–H groups in total. The van der Waals surface area contributed by atoms with Crippen molar-refractivity contribution in [3.63, 3.8) is 0 Å². The van der Waals surface area contributed by atoms with Gasteiger partial charge >= 0.3 is 0 Å². The van der Waals surface area contributed by atoms with E-state index >= 15 is 0 Å². The van der Waals surface area contributed by atoms with Gasteiger partial charge in [-0.3, -0.25) is 9.78 Å². The van der Waals surface area contributed by atoms with E-state index in [9.17, 15) is 10.1 Å². The molecule has 0 saturated carbocycles. The predicted octanol–water partition coefficient (Wildman–Crippen LogP) is 2.98. The second kappa shape index (κ2) is 5.65. The monoisotopic (exact) mass is 304 g/mol. The third kappa shape index (κ3) is 2.71. The number of rotatable bonds is 2. The summed E-state index contributed by atoms with van der Waals surface area (Å²) in [6, 6.07) is 12.9. The second-order valence-corrected chi connectivity index (χ2v) is 6.05. The maximum atomic E-state index is 12.7. The summed E-state index contributed by atoms with van der Waals surface area (Å²) < 4.78 is 0. The van der Waals surface area contributed by atoms with Crippen molar-refractivity contribution in [1.82, 2.24) is 9.99 Å². The maximum Gasteiger partial charge on any atom is 0.274 e. The fourth-order valence-electron chi connectivity index (χ4n) is 2.69. The number of carbonyl (C=O) groups is 1. The highest BCUT2D eigenvalue weighted by atomic mass is 16.2. The van der Waals surface area contributed by atoms with Crippen LogP contribution in [0.5, 0.6) is 0 Å². The number of amides is 1. The quantitative estimate of drug-likeness (QED) is 0.856. The predicted molar refractivity (Wildman–Crippen MR) is 86.8 cm³/mol. The fraction of sp³-hybridized carbons (Fsp3) is 0.222. The van der Waals surface area contributed by atoms with E-state index in [1.165, 1.54) is 5.01 Å². The highest BCUT2D eigenvalue weighted by Crippen LogP contribution is 2.31. The van der Waals surface area contributed by atoms with Crippen LogP contribution in [-0.4, -0.2) is 27.2 Å². The van der Waals surface area contributed by atoms with Gasteiger partial charge in [0.2, 0.25) is 0 Å². The first kappa shape index (κ1) is 14.9. The van der Waals surface area contributed by atoms with Gasteiger partial charge in [-0.2, -0.15) is 10.4 Å². The Bertz CT molecular complexity index is 818. The summed E-state index contributed by atoms with van der Waals surface area (Å²) in [4.78, 5) is 16.7. The lowest BCUT2D eigenvalue weighted by Crippen LogP contribution is -2.40. The Hall–Kier alpha value is -3.00. The Morgan fingerprint density at radius 3 is 2.61 bits per heavy atom. The number of nitriles is 1. The first-order valence-corrected chi connectivity index (χ1v) is 7.34. The summed E-state index contributed by atoms with van der Waals surface area (Å²) in [5.74, 6) is -0.165. The van der Waals surface area contributed by atoms with E-state index in [0.717, 1.165) is 11.3 Å². The summed E-state index contributed by atoms with van der Waals surface area (Å²) in [6.07, 6.45) is 3.78. The number of aromatic nitrogens is 1. The molecule has 2 heterocycles. The Morgan fingerprint density at radius 2 is 1.91 bits per heavy atom. The minimum absolute atomic E-state index is 0.165. The molecule has 1 aliphatic heterocycles. The van der Waals surface area contributed by atoms with E-state index in [0.29, 0.717) is 17.5 Å². The molecule has 0 fully saturated rings. The first-order chi connectivity index (χ1) is 11.0. The van der Waals surface area contributed by atoms with Crippen molar-refractivity contribution in [2.75, 3.05) is 0 Å². The van der Waals surface area contributed by atoms with Gasteiger partial charge in [-0.15, -0.1) is 0 Å². The molecule has 1 aromatic carbocycles. The molecular formula is C18H16N4O. The molecule has 2 aromatic rings. The van der Waals surface area contributed by atoms with Gasteiger partial charge in [0.15, 0.2) is 0 Å². The smallest absolute Gasteiger partial charge is 0.267 e. The first-order valence-electron chi connectivity index (χ1n) is 7.34. The molecule has 0 spiro atoms. The molecular weight excluding hydrogens is 288 g/mol. The van der Waals surface area contributed by atoms with Crippen molar-refractivity contribution < 1.29 is 4.79 Å². The van der Waals surface area contributed by atoms with Crippen LogP contribution in [0.25, 0.3) is 0 Å². The zero-order chi connectivity index (χ0) is 16.4. The molecule has 5 nitrogen and oxygen atoms in total. The molecule has 1 amide bonds. The molecule has 0 radical (unpaired) electrons. The Balaban J connectivity index is 2.00. The molecule has 0 bridgehead atoms. The summed E-state index contributed by atoms with van der Waals surface area (Å²) in [6.45, 7) is 3.94. The van der Waals surface area contributed by atoms with Crippen molar-refractivity contribution in [2.45, 2.75) is 25.8 Å². The minimum atomic E-state index is -0.446. The third-order valence-corrected chi connectivity index (χ3v) is 3.87. The lowest BCUT2D eigenvalue weighted by Gasteiger charge is -2.28. The van der Waals surface area contributed by atoms with Gasteiger partial charge < -0.3 is 0 Å². The van der Waals surface area contributed by atoms with Gasteiger partial charge in [-0.25, -0.2) is 5.01 Å². The van der Waals surface area contributed by atoms with Crippen molar-refractivity contribution in [3.8, 4) is 6.07 Å². The van der Waals surface area contributed by atoms with Crippen LogP contribution in [0.1, 0.15) is 41.8 Å². The maximum absolute atomic E-state index is 12.7. The highest BCUT2D eigenvalue weighted by Gasteiger charge is 2.39. The number of nitrogens with zero attached hydrogens (tertiary/aromatic N) is 4. The standard InChI is InChI=1S/C18H16N4O/c1-18(2)11-16(15-6-4-3-5-14(15)12-19)21-22(18)17(23)13-7-9-20-10-8-13/h3-10H,11H2,1-2H3. The Kier molecular flexibility index (Phi) is 3.67. The van der Waals surface area contributed by atoms with Crippen LogP contribution in [0.15, 0.2) is 53.9 Å². The minimum Gasteiger partial charge on any atom is -0.267 e. The van der Waals surface area contributed by atoms with Crippen LogP contribution in [0.4, 0.5) is 0 Å². The molecule has 3 rings (SSSR count). The molecule has 1 aliphatic rings. The van der Waals surface area contributed by atoms with E-state index < -0.39 is 5.54 Å². The van der Waals surface area contributed by atoms with E-state index in [-0.39, 0.29) is 5.91 Å². The van der Waals surface area contributed by atoms with Crippen molar-refractivity contribution in [3.05, 3.63) is 65.5 Å². The molecule has 0 aliphatic carbocycles. The molecule has 114 valence electrons. The Morgan fingerprint density at radius 1 is 1.22 bits per heavy atom. The number of hydrogen-bond donors (Lipinski definition) is 0. The zero-order valence-electron chi connectivity index (χ0n) is 13.0. The van der Waals surface area contributed by atoms with Crippen LogP contribution >= 0.6 is 0 Å². The van der Waals surface area contributed by atoms with Crippen LogP contribution in [0.3, 0.4) is 0 Å². The molecule has 0 atom stereocenters. The average Bonchev–Trinajstić information content (AvgIpc) is 2.90. The van der Waals surface area contributed by atoms with Crippen molar-refractivity contribution in [1.29, 1.82) is 5.26 Å². The van der Waals surface area contributed by atoms with Crippen molar-refractivity contribution in [2.24, 2.45) is 5.10 Å². The van der Waals surface area contributed by atoms with Crippen LogP contribution in [0, 0.1) is 11.3 Å². The fourth-order valence-corrected chi connectivity index (χ4v) is 2.69. The summed E-state index contributed by atoms with van der Waals surface area (Å²) in [7, 11) is 0. The number of hydrazone groups is 1. The molecule has 5 heteroatoms. The van der Waals surface area contributed by atoms with Gasteiger partial charge in [0.05, 0.1) is 22.9 Å². The van der Waals surface area contributed by atoms with E-state index in [2.05, 4.69) is 16.2 Å². The van der Waals surface area contributed by atoms with Crippen LogP contribution in [0.2, 0.25) is 0 Å². The van der Waals surface area contributed by atoms with Crippen LogP contribution < -0.4 is 0 Å². The van der Waals surface area contributed by atoms with Gasteiger partial charge in [0.25, 0.3) is 5.91 Å². The molecule has 1 aromatic heterocycles. The summed E-state index contributed by atoms with van der Waals surface area (Å²) in [5, 5.41) is 15.3. The van der Waals surface area contributed by atoms with Gasteiger partial charge in [-0.05, 0) is 32.0 Å².